The van der Waals surface area contributed by atoms with Gasteiger partial charge in [0.05, 0.1) is 12.2 Å². The highest BCUT2D eigenvalue weighted by molar-refractivity contribution is 5.73. The molecular formula is C14H23N3O. The van der Waals surface area contributed by atoms with Gasteiger partial charge in [0.1, 0.15) is 0 Å². The molecule has 1 N–H and O–H groups in total. The highest BCUT2D eigenvalue weighted by Gasteiger charge is 2.08. The number of pyridine rings is 1. The van der Waals surface area contributed by atoms with Crippen LogP contribution in [-0.4, -0.2) is 29.5 Å². The smallest absolute Gasteiger partial charge is 0.317 e. The minimum absolute atomic E-state index is 0.0376. The monoisotopic (exact) mass is 249 g/mol. The first kappa shape index (κ1) is 14.5. The number of amides is 2. The van der Waals surface area contributed by atoms with Crippen LogP contribution in [0.1, 0.15) is 32.4 Å². The molecular weight excluding hydrogens is 226 g/mol. The van der Waals surface area contributed by atoms with E-state index in [4.69, 9.17) is 0 Å². The van der Waals surface area contributed by atoms with Gasteiger partial charge in [-0.2, -0.15) is 0 Å². The molecule has 100 valence electrons. The van der Waals surface area contributed by atoms with Crippen LogP contribution in [0.2, 0.25) is 0 Å². The zero-order valence-corrected chi connectivity index (χ0v) is 11.5. The van der Waals surface area contributed by atoms with Crippen molar-refractivity contribution in [2.45, 2.75) is 33.2 Å². The number of hydrogen-bond donors (Lipinski definition) is 1. The fourth-order valence-corrected chi connectivity index (χ4v) is 1.65. The molecule has 0 atom stereocenters. The summed E-state index contributed by atoms with van der Waals surface area (Å²) in [6.07, 6.45) is 3.91. The van der Waals surface area contributed by atoms with Crippen molar-refractivity contribution in [3.05, 3.63) is 30.1 Å². The molecule has 0 spiro atoms. The third kappa shape index (κ3) is 5.66. The topological polar surface area (TPSA) is 45.2 Å². The van der Waals surface area contributed by atoms with Crippen molar-refractivity contribution in [2.75, 3.05) is 13.6 Å². The molecule has 0 aromatic carbocycles. The number of nitrogens with one attached hydrogen (secondary N) is 1. The zero-order valence-electron chi connectivity index (χ0n) is 11.5. The van der Waals surface area contributed by atoms with Gasteiger partial charge in [-0.3, -0.25) is 4.98 Å². The second kappa shape index (κ2) is 7.69. The van der Waals surface area contributed by atoms with Gasteiger partial charge in [-0.15, -0.1) is 0 Å². The molecule has 0 aliphatic rings. The molecule has 0 fully saturated rings. The van der Waals surface area contributed by atoms with Crippen LogP contribution in [0.4, 0.5) is 4.79 Å². The molecule has 0 aliphatic carbocycles. The maximum absolute atomic E-state index is 11.8. The van der Waals surface area contributed by atoms with Gasteiger partial charge in [0, 0.05) is 19.8 Å². The van der Waals surface area contributed by atoms with Crippen molar-refractivity contribution in [3.8, 4) is 0 Å². The summed E-state index contributed by atoms with van der Waals surface area (Å²) in [5.41, 5.74) is 0.900. The van der Waals surface area contributed by atoms with E-state index in [1.807, 2.05) is 18.2 Å². The third-order valence-electron chi connectivity index (χ3n) is 2.71. The average Bonchev–Trinajstić information content (AvgIpc) is 2.35. The Bertz CT molecular complexity index is 351. The molecule has 0 aliphatic heterocycles. The van der Waals surface area contributed by atoms with Crippen molar-refractivity contribution in [2.24, 2.45) is 5.92 Å². The number of urea groups is 1. The molecule has 18 heavy (non-hydrogen) atoms. The quantitative estimate of drug-likeness (QED) is 0.788. The van der Waals surface area contributed by atoms with Gasteiger partial charge in [-0.25, -0.2) is 4.79 Å². The lowest BCUT2D eigenvalue weighted by atomic mass is 10.1. The van der Waals surface area contributed by atoms with Crippen molar-refractivity contribution in [1.29, 1.82) is 0 Å². The van der Waals surface area contributed by atoms with Gasteiger partial charge in [-0.05, 0) is 30.9 Å². The molecule has 0 unspecified atom stereocenters. The van der Waals surface area contributed by atoms with Crippen molar-refractivity contribution in [1.82, 2.24) is 15.2 Å². The van der Waals surface area contributed by atoms with Crippen molar-refractivity contribution < 1.29 is 4.79 Å². The summed E-state index contributed by atoms with van der Waals surface area (Å²) < 4.78 is 0. The first-order chi connectivity index (χ1) is 8.59. The van der Waals surface area contributed by atoms with Crippen LogP contribution in [-0.2, 0) is 6.54 Å². The van der Waals surface area contributed by atoms with Gasteiger partial charge in [0.15, 0.2) is 0 Å². The van der Waals surface area contributed by atoms with Crippen LogP contribution < -0.4 is 5.32 Å². The Balaban J connectivity index is 2.25. The van der Waals surface area contributed by atoms with Crippen LogP contribution >= 0.6 is 0 Å². The van der Waals surface area contributed by atoms with Crippen molar-refractivity contribution in [3.63, 3.8) is 0 Å². The predicted octanol–water partition coefficient (Wildman–Crippen LogP) is 2.66. The van der Waals surface area contributed by atoms with E-state index in [9.17, 15) is 4.79 Å². The summed E-state index contributed by atoms with van der Waals surface area (Å²) >= 11 is 0. The SMILES string of the molecule is CC(C)CCCNC(=O)N(C)Cc1ccccn1. The first-order valence-electron chi connectivity index (χ1n) is 6.48. The number of carbonyl (C=O) groups excluding carboxylic acids is 1. The van der Waals surface area contributed by atoms with Crippen LogP contribution in [0.25, 0.3) is 0 Å². The van der Waals surface area contributed by atoms with E-state index in [-0.39, 0.29) is 6.03 Å². The summed E-state index contributed by atoms with van der Waals surface area (Å²) in [5.74, 6) is 0.688. The fourth-order valence-electron chi connectivity index (χ4n) is 1.65. The Morgan fingerprint density at radius 3 is 2.83 bits per heavy atom. The Morgan fingerprint density at radius 2 is 2.22 bits per heavy atom. The second-order valence-corrected chi connectivity index (χ2v) is 4.95. The summed E-state index contributed by atoms with van der Waals surface area (Å²) in [6.45, 7) is 5.66. The molecule has 1 aromatic rings. The lowest BCUT2D eigenvalue weighted by molar-refractivity contribution is 0.206. The zero-order chi connectivity index (χ0) is 13.4. The predicted molar refractivity (Wildman–Crippen MR) is 73.2 cm³/mol. The summed E-state index contributed by atoms with van der Waals surface area (Å²) in [6, 6.07) is 5.68. The normalized spacial score (nSPS) is 10.4. The molecule has 1 rings (SSSR count). The third-order valence-corrected chi connectivity index (χ3v) is 2.71. The molecule has 4 nitrogen and oxygen atoms in total. The van der Waals surface area contributed by atoms with Crippen LogP contribution in [0.3, 0.4) is 0 Å². The summed E-state index contributed by atoms with van der Waals surface area (Å²) in [7, 11) is 1.78. The van der Waals surface area contributed by atoms with Gasteiger partial charge in [-0.1, -0.05) is 19.9 Å². The highest BCUT2D eigenvalue weighted by Crippen LogP contribution is 2.02. The Kier molecular flexibility index (Phi) is 6.19. The lowest BCUT2D eigenvalue weighted by Gasteiger charge is -2.17. The van der Waals surface area contributed by atoms with E-state index in [0.29, 0.717) is 12.5 Å². The van der Waals surface area contributed by atoms with E-state index >= 15 is 0 Å². The summed E-state index contributed by atoms with van der Waals surface area (Å²) in [5, 5.41) is 2.92. The first-order valence-corrected chi connectivity index (χ1v) is 6.48. The van der Waals surface area contributed by atoms with Gasteiger partial charge in [0.25, 0.3) is 0 Å². The van der Waals surface area contributed by atoms with Crippen molar-refractivity contribution >= 4 is 6.03 Å². The Labute approximate surface area is 109 Å². The molecule has 4 heteroatoms. The summed E-state index contributed by atoms with van der Waals surface area (Å²) in [4.78, 5) is 17.6. The largest absolute Gasteiger partial charge is 0.338 e. The molecule has 0 radical (unpaired) electrons. The van der Waals surface area contributed by atoms with Crippen LogP contribution in [0.15, 0.2) is 24.4 Å². The maximum atomic E-state index is 11.8. The van der Waals surface area contributed by atoms with E-state index in [1.165, 1.54) is 0 Å². The molecule has 0 bridgehead atoms. The number of aromatic nitrogens is 1. The highest BCUT2D eigenvalue weighted by atomic mass is 16.2. The minimum Gasteiger partial charge on any atom is -0.338 e. The lowest BCUT2D eigenvalue weighted by Crippen LogP contribution is -2.37. The Hall–Kier alpha value is -1.58. The van der Waals surface area contributed by atoms with E-state index in [0.717, 1.165) is 25.1 Å². The molecule has 1 aromatic heterocycles. The molecule has 1 heterocycles. The minimum atomic E-state index is -0.0376. The van der Waals surface area contributed by atoms with Crippen LogP contribution in [0, 0.1) is 5.92 Å². The van der Waals surface area contributed by atoms with E-state index in [1.54, 1.807) is 18.1 Å². The van der Waals surface area contributed by atoms with E-state index < -0.39 is 0 Å². The number of hydrogen-bond acceptors (Lipinski definition) is 2. The molecule has 0 saturated heterocycles. The second-order valence-electron chi connectivity index (χ2n) is 4.95. The van der Waals surface area contributed by atoms with Gasteiger partial charge >= 0.3 is 6.03 Å². The van der Waals surface area contributed by atoms with Gasteiger partial charge < -0.3 is 10.2 Å². The number of carbonyl (C=O) groups is 1. The fraction of sp³-hybridized carbons (Fsp3) is 0.571. The van der Waals surface area contributed by atoms with Crippen LogP contribution in [0.5, 0.6) is 0 Å². The maximum Gasteiger partial charge on any atom is 0.317 e. The Morgan fingerprint density at radius 1 is 1.44 bits per heavy atom. The van der Waals surface area contributed by atoms with Gasteiger partial charge in [0.2, 0.25) is 0 Å². The number of nitrogens with zero attached hydrogens (tertiary/aromatic N) is 2. The molecule has 2 amide bonds. The number of rotatable bonds is 6. The standard InChI is InChI=1S/C14H23N3O/c1-12(2)7-6-10-16-14(18)17(3)11-13-8-4-5-9-15-13/h4-5,8-9,12H,6-7,10-11H2,1-3H3,(H,16,18). The van der Waals surface area contributed by atoms with E-state index in [2.05, 4.69) is 24.1 Å². The average molecular weight is 249 g/mol. The molecule has 0 saturated carbocycles.